The van der Waals surface area contributed by atoms with E-state index in [1.807, 2.05) is 18.2 Å². The minimum Gasteiger partial charge on any atom is -0.396 e. The van der Waals surface area contributed by atoms with Crippen LogP contribution >= 0.6 is 11.6 Å². The van der Waals surface area contributed by atoms with Gasteiger partial charge in [0, 0.05) is 44.2 Å². The largest absolute Gasteiger partial charge is 0.396 e. The molecule has 6 heteroatoms. The van der Waals surface area contributed by atoms with Gasteiger partial charge in [-0.05, 0) is 31.0 Å². The molecule has 0 saturated carbocycles. The second-order valence-corrected chi connectivity index (χ2v) is 6.38. The summed E-state index contributed by atoms with van der Waals surface area (Å²) in [5, 5.41) is 9.84. The van der Waals surface area contributed by atoms with Crippen molar-refractivity contribution in [1.82, 2.24) is 14.5 Å². The van der Waals surface area contributed by atoms with Crippen LogP contribution in [-0.2, 0) is 17.7 Å². The Morgan fingerprint density at radius 2 is 2.00 bits per heavy atom. The van der Waals surface area contributed by atoms with Crippen LogP contribution in [0.2, 0.25) is 5.02 Å². The molecule has 2 heterocycles. The van der Waals surface area contributed by atoms with Crippen molar-refractivity contribution < 1.29 is 9.84 Å². The summed E-state index contributed by atoms with van der Waals surface area (Å²) in [5.74, 6) is 1.04. The van der Waals surface area contributed by atoms with Crippen molar-refractivity contribution >= 4 is 22.6 Å². The van der Waals surface area contributed by atoms with Crippen molar-refractivity contribution in [2.45, 2.75) is 25.8 Å². The molecule has 1 fully saturated rings. The minimum atomic E-state index is 0.192. The molecule has 0 atom stereocenters. The van der Waals surface area contributed by atoms with Gasteiger partial charge in [0.1, 0.15) is 5.82 Å². The number of hydrogen-bond acceptors (Lipinski definition) is 4. The molecule has 1 aromatic carbocycles. The Morgan fingerprint density at radius 1 is 1.17 bits per heavy atom. The molecule has 0 spiro atoms. The third-order valence-electron chi connectivity index (χ3n) is 4.31. The number of fused-ring (bicyclic) bond motifs is 1. The van der Waals surface area contributed by atoms with Gasteiger partial charge in [-0.1, -0.05) is 11.6 Å². The van der Waals surface area contributed by atoms with Crippen molar-refractivity contribution in [2.24, 2.45) is 0 Å². The molecule has 1 saturated heterocycles. The highest BCUT2D eigenvalue weighted by molar-refractivity contribution is 6.31. The molecule has 0 unspecified atom stereocenters. The first-order chi connectivity index (χ1) is 11.3. The lowest BCUT2D eigenvalue weighted by atomic mass is 10.3. The number of rotatable bonds is 7. The summed E-state index contributed by atoms with van der Waals surface area (Å²) in [4.78, 5) is 7.16. The van der Waals surface area contributed by atoms with Gasteiger partial charge in [-0.2, -0.15) is 0 Å². The molecule has 126 valence electrons. The highest BCUT2D eigenvalue weighted by atomic mass is 35.5. The van der Waals surface area contributed by atoms with Crippen LogP contribution in [0, 0.1) is 0 Å². The fourth-order valence-electron chi connectivity index (χ4n) is 3.10. The van der Waals surface area contributed by atoms with Crippen LogP contribution in [0.5, 0.6) is 0 Å². The molecule has 1 aliphatic heterocycles. The van der Waals surface area contributed by atoms with E-state index in [9.17, 15) is 0 Å². The quantitative estimate of drug-likeness (QED) is 0.842. The van der Waals surface area contributed by atoms with E-state index in [4.69, 9.17) is 26.4 Å². The maximum atomic E-state index is 9.11. The lowest BCUT2D eigenvalue weighted by Gasteiger charge is -2.26. The highest BCUT2D eigenvalue weighted by Crippen LogP contribution is 2.22. The number of ether oxygens (including phenoxy) is 1. The summed E-state index contributed by atoms with van der Waals surface area (Å²) in [6, 6.07) is 5.84. The summed E-state index contributed by atoms with van der Waals surface area (Å²) < 4.78 is 7.65. The van der Waals surface area contributed by atoms with Crippen LogP contribution in [-0.4, -0.2) is 59.0 Å². The number of hydrogen-bond donors (Lipinski definition) is 1. The average molecular weight is 338 g/mol. The first-order valence-corrected chi connectivity index (χ1v) is 8.71. The Bertz CT molecular complexity index is 638. The van der Waals surface area contributed by atoms with Gasteiger partial charge in [-0.15, -0.1) is 0 Å². The number of aromatic nitrogens is 2. The normalized spacial score (nSPS) is 16.3. The Labute approximate surface area is 141 Å². The van der Waals surface area contributed by atoms with E-state index in [1.54, 1.807) is 0 Å². The standard InChI is InChI=1S/C17H24ClN3O2/c18-14-4-5-15-16(13-14)21(17(19-15)3-1-10-22)7-2-6-20-8-11-23-12-9-20/h4-5,13,22H,1-3,6-12H2. The van der Waals surface area contributed by atoms with Crippen LogP contribution in [0.4, 0.5) is 0 Å². The van der Waals surface area contributed by atoms with E-state index >= 15 is 0 Å². The van der Waals surface area contributed by atoms with Crippen molar-refractivity contribution in [3.63, 3.8) is 0 Å². The number of halogens is 1. The van der Waals surface area contributed by atoms with Crippen LogP contribution in [0.3, 0.4) is 0 Å². The summed E-state index contributed by atoms with van der Waals surface area (Å²) in [5.41, 5.74) is 2.07. The van der Waals surface area contributed by atoms with Crippen molar-refractivity contribution in [3.8, 4) is 0 Å². The van der Waals surface area contributed by atoms with Crippen LogP contribution in [0.15, 0.2) is 18.2 Å². The van der Waals surface area contributed by atoms with E-state index in [1.165, 1.54) is 0 Å². The molecular formula is C17H24ClN3O2. The average Bonchev–Trinajstić information content (AvgIpc) is 2.91. The molecule has 0 aliphatic carbocycles. The highest BCUT2D eigenvalue weighted by Gasteiger charge is 2.13. The van der Waals surface area contributed by atoms with E-state index < -0.39 is 0 Å². The molecule has 5 nitrogen and oxygen atoms in total. The zero-order valence-corrected chi connectivity index (χ0v) is 14.1. The lowest BCUT2D eigenvalue weighted by molar-refractivity contribution is 0.0369. The van der Waals surface area contributed by atoms with Gasteiger partial charge in [-0.3, -0.25) is 4.90 Å². The number of imidazole rings is 1. The molecule has 1 aliphatic rings. The zero-order valence-electron chi connectivity index (χ0n) is 13.4. The smallest absolute Gasteiger partial charge is 0.109 e. The van der Waals surface area contributed by atoms with Gasteiger partial charge < -0.3 is 14.4 Å². The first-order valence-electron chi connectivity index (χ1n) is 8.33. The van der Waals surface area contributed by atoms with Crippen LogP contribution < -0.4 is 0 Å². The SMILES string of the molecule is OCCCc1nc2ccc(Cl)cc2n1CCCN1CCOCC1. The number of benzene rings is 1. The molecule has 1 N–H and O–H groups in total. The molecule has 23 heavy (non-hydrogen) atoms. The van der Waals surface area contributed by atoms with E-state index in [2.05, 4.69) is 9.47 Å². The topological polar surface area (TPSA) is 50.5 Å². The molecule has 0 amide bonds. The molecular weight excluding hydrogens is 314 g/mol. The third kappa shape index (κ3) is 4.23. The summed E-state index contributed by atoms with van der Waals surface area (Å²) in [6.07, 6.45) is 2.60. The van der Waals surface area contributed by atoms with Gasteiger partial charge in [0.05, 0.1) is 24.2 Å². The predicted molar refractivity (Wildman–Crippen MR) is 92.0 cm³/mol. The number of aliphatic hydroxyl groups is 1. The Hall–Kier alpha value is -1.14. The van der Waals surface area contributed by atoms with Crippen molar-refractivity contribution in [1.29, 1.82) is 0 Å². The second kappa shape index (κ2) is 8.11. The number of aliphatic hydroxyl groups excluding tert-OH is 1. The summed E-state index contributed by atoms with van der Waals surface area (Å²) >= 11 is 6.16. The van der Waals surface area contributed by atoms with Crippen molar-refractivity contribution in [2.75, 3.05) is 39.5 Å². The monoisotopic (exact) mass is 337 g/mol. The maximum absolute atomic E-state index is 9.11. The Balaban J connectivity index is 1.72. The fourth-order valence-corrected chi connectivity index (χ4v) is 3.27. The van der Waals surface area contributed by atoms with Gasteiger partial charge in [-0.25, -0.2) is 4.98 Å². The molecule has 1 aromatic heterocycles. The van der Waals surface area contributed by atoms with Gasteiger partial charge in [0.2, 0.25) is 0 Å². The third-order valence-corrected chi connectivity index (χ3v) is 4.54. The maximum Gasteiger partial charge on any atom is 0.109 e. The first kappa shape index (κ1) is 16.7. The Morgan fingerprint density at radius 3 is 2.78 bits per heavy atom. The van der Waals surface area contributed by atoms with Gasteiger partial charge in [0.25, 0.3) is 0 Å². The summed E-state index contributed by atoms with van der Waals surface area (Å²) in [6.45, 7) is 5.91. The van der Waals surface area contributed by atoms with Crippen molar-refractivity contribution in [3.05, 3.63) is 29.0 Å². The second-order valence-electron chi connectivity index (χ2n) is 5.95. The van der Waals surface area contributed by atoms with E-state index in [-0.39, 0.29) is 6.61 Å². The molecule has 3 rings (SSSR count). The molecule has 2 aromatic rings. The van der Waals surface area contributed by atoms with Gasteiger partial charge in [0.15, 0.2) is 0 Å². The Kier molecular flexibility index (Phi) is 5.89. The zero-order chi connectivity index (χ0) is 16.1. The number of aryl methyl sites for hydroxylation is 2. The lowest BCUT2D eigenvalue weighted by Crippen LogP contribution is -2.37. The molecule has 0 bridgehead atoms. The van der Waals surface area contributed by atoms with Crippen LogP contribution in [0.25, 0.3) is 11.0 Å². The van der Waals surface area contributed by atoms with Crippen LogP contribution in [0.1, 0.15) is 18.7 Å². The van der Waals surface area contributed by atoms with E-state index in [0.29, 0.717) is 0 Å². The molecule has 0 radical (unpaired) electrons. The number of morpholine rings is 1. The van der Waals surface area contributed by atoms with Gasteiger partial charge >= 0.3 is 0 Å². The van der Waals surface area contributed by atoms with E-state index in [0.717, 1.165) is 80.5 Å². The minimum absolute atomic E-state index is 0.192. The summed E-state index contributed by atoms with van der Waals surface area (Å²) in [7, 11) is 0. The predicted octanol–water partition coefficient (Wildman–Crippen LogP) is 2.34. The fraction of sp³-hybridized carbons (Fsp3) is 0.588. The number of nitrogens with zero attached hydrogens (tertiary/aromatic N) is 3.